The van der Waals surface area contributed by atoms with E-state index in [1.54, 1.807) is 0 Å². The summed E-state index contributed by atoms with van der Waals surface area (Å²) in [6.45, 7) is 9.70. The summed E-state index contributed by atoms with van der Waals surface area (Å²) < 4.78 is 1.96. The van der Waals surface area contributed by atoms with Crippen molar-refractivity contribution >= 4 is 12.4 Å². The molecular weight excluding hydrogens is 274 g/mol. The van der Waals surface area contributed by atoms with Gasteiger partial charge in [0.25, 0.3) is 0 Å². The molecule has 6 heteroatoms. The van der Waals surface area contributed by atoms with E-state index in [0.717, 1.165) is 25.3 Å². The second-order valence-electron chi connectivity index (χ2n) is 7.01. The molecule has 3 rings (SSSR count). The molecule has 20 heavy (non-hydrogen) atoms. The maximum Gasteiger partial charge on any atom is 0.0967 e. The van der Waals surface area contributed by atoms with Crippen molar-refractivity contribution in [2.45, 2.75) is 64.2 Å². The third kappa shape index (κ3) is 3.51. The molecule has 1 N–H and O–H groups in total. The van der Waals surface area contributed by atoms with Crippen LogP contribution >= 0.6 is 12.4 Å². The number of fused-ring (bicyclic) bond motifs is 2. The van der Waals surface area contributed by atoms with Gasteiger partial charge < -0.3 is 5.32 Å². The summed E-state index contributed by atoms with van der Waals surface area (Å²) in [5, 5.41) is 12.3. The zero-order valence-electron chi connectivity index (χ0n) is 12.7. The lowest BCUT2D eigenvalue weighted by molar-refractivity contribution is 0.118. The van der Waals surface area contributed by atoms with Gasteiger partial charge in [-0.15, -0.1) is 17.5 Å². The first-order valence-electron chi connectivity index (χ1n) is 7.41. The van der Waals surface area contributed by atoms with Crippen LogP contribution in [0.5, 0.6) is 0 Å². The molecule has 2 bridgehead atoms. The van der Waals surface area contributed by atoms with Crippen LogP contribution in [0.3, 0.4) is 0 Å². The largest absolute Gasteiger partial charge is 0.309 e. The van der Waals surface area contributed by atoms with E-state index >= 15 is 0 Å². The molecule has 0 saturated carbocycles. The fraction of sp³-hybridized carbons (Fsp3) is 0.857. The van der Waals surface area contributed by atoms with Crippen LogP contribution in [0.2, 0.25) is 0 Å². The SMILES string of the molecule is CC(C)(C)n1cc(CN2CC3CCCC(C2)N3)nn1.Cl. The highest BCUT2D eigenvalue weighted by Gasteiger charge is 2.30. The predicted molar refractivity (Wildman–Crippen MR) is 82.1 cm³/mol. The Balaban J connectivity index is 0.00000147. The Morgan fingerprint density at radius 2 is 1.90 bits per heavy atom. The molecule has 3 heterocycles. The molecule has 0 aromatic carbocycles. The van der Waals surface area contributed by atoms with Crippen LogP contribution in [-0.2, 0) is 12.1 Å². The quantitative estimate of drug-likeness (QED) is 0.904. The smallest absolute Gasteiger partial charge is 0.0967 e. The fourth-order valence-corrected chi connectivity index (χ4v) is 3.15. The molecular formula is C14H26ClN5. The number of piperidine rings is 1. The number of rotatable bonds is 2. The van der Waals surface area contributed by atoms with E-state index < -0.39 is 0 Å². The average Bonchev–Trinajstić information content (AvgIpc) is 2.76. The second kappa shape index (κ2) is 6.00. The summed E-state index contributed by atoms with van der Waals surface area (Å²) in [6, 6.07) is 1.37. The van der Waals surface area contributed by atoms with Gasteiger partial charge in [0.1, 0.15) is 0 Å². The molecule has 0 spiro atoms. The minimum atomic E-state index is 0. The molecule has 1 aromatic rings. The van der Waals surface area contributed by atoms with Crippen molar-refractivity contribution in [3.05, 3.63) is 11.9 Å². The third-order valence-corrected chi connectivity index (χ3v) is 4.15. The number of aromatic nitrogens is 3. The standard InChI is InChI=1S/C14H25N5.ClH/c1-14(2,3)19-10-13(16-17-19)9-18-7-11-5-4-6-12(8-18)15-11;/h10-12,15H,4-9H2,1-3H3;1H. The molecule has 2 fully saturated rings. The Kier molecular flexibility index (Phi) is 4.72. The number of likely N-dealkylation sites (tertiary alicyclic amines) is 1. The molecule has 5 nitrogen and oxygen atoms in total. The first kappa shape index (κ1) is 15.7. The maximum atomic E-state index is 4.32. The Bertz CT molecular complexity index is 427. The number of hydrogen-bond acceptors (Lipinski definition) is 4. The first-order valence-corrected chi connectivity index (χ1v) is 7.41. The van der Waals surface area contributed by atoms with Gasteiger partial charge in [-0.1, -0.05) is 11.6 Å². The fourth-order valence-electron chi connectivity index (χ4n) is 3.15. The minimum absolute atomic E-state index is 0. The van der Waals surface area contributed by atoms with Crippen LogP contribution in [0.4, 0.5) is 0 Å². The number of nitrogens with zero attached hydrogens (tertiary/aromatic N) is 4. The van der Waals surface area contributed by atoms with E-state index in [1.165, 1.54) is 19.3 Å². The Labute approximate surface area is 127 Å². The number of nitrogens with one attached hydrogen (secondary N) is 1. The van der Waals surface area contributed by atoms with Crippen LogP contribution in [0.1, 0.15) is 45.7 Å². The third-order valence-electron chi connectivity index (χ3n) is 4.15. The second-order valence-corrected chi connectivity index (χ2v) is 7.01. The summed E-state index contributed by atoms with van der Waals surface area (Å²) in [7, 11) is 0. The van der Waals surface area contributed by atoms with Gasteiger partial charge in [-0.25, -0.2) is 4.68 Å². The minimum Gasteiger partial charge on any atom is -0.309 e. The van der Waals surface area contributed by atoms with Gasteiger partial charge in [-0.3, -0.25) is 4.90 Å². The number of piperazine rings is 1. The summed E-state index contributed by atoms with van der Waals surface area (Å²) in [5.41, 5.74) is 1.11. The molecule has 2 aliphatic rings. The average molecular weight is 300 g/mol. The Morgan fingerprint density at radius 1 is 1.25 bits per heavy atom. The summed E-state index contributed by atoms with van der Waals surface area (Å²) in [5.74, 6) is 0. The normalized spacial score (nSPS) is 27.1. The highest BCUT2D eigenvalue weighted by Crippen LogP contribution is 2.21. The zero-order valence-corrected chi connectivity index (χ0v) is 13.5. The van der Waals surface area contributed by atoms with Gasteiger partial charge in [0.2, 0.25) is 0 Å². The molecule has 0 amide bonds. The van der Waals surface area contributed by atoms with Gasteiger partial charge in [0, 0.05) is 31.7 Å². The number of halogens is 1. The van der Waals surface area contributed by atoms with Crippen LogP contribution in [0, 0.1) is 0 Å². The van der Waals surface area contributed by atoms with Crippen molar-refractivity contribution in [2.24, 2.45) is 0 Å². The van der Waals surface area contributed by atoms with Gasteiger partial charge in [0.15, 0.2) is 0 Å². The Morgan fingerprint density at radius 3 is 2.45 bits per heavy atom. The lowest BCUT2D eigenvalue weighted by Gasteiger charge is -2.42. The summed E-state index contributed by atoms with van der Waals surface area (Å²) in [6.07, 6.45) is 6.12. The van der Waals surface area contributed by atoms with Crippen LogP contribution in [0.25, 0.3) is 0 Å². The molecule has 2 aliphatic heterocycles. The molecule has 2 saturated heterocycles. The first-order chi connectivity index (χ1) is 9.00. The van der Waals surface area contributed by atoms with E-state index in [9.17, 15) is 0 Å². The highest BCUT2D eigenvalue weighted by molar-refractivity contribution is 5.85. The van der Waals surface area contributed by atoms with Crippen LogP contribution in [-0.4, -0.2) is 45.1 Å². The molecule has 1 aromatic heterocycles. The van der Waals surface area contributed by atoms with Gasteiger partial charge in [-0.2, -0.15) is 0 Å². The van der Waals surface area contributed by atoms with E-state index in [4.69, 9.17) is 0 Å². The van der Waals surface area contributed by atoms with Crippen molar-refractivity contribution in [3.63, 3.8) is 0 Å². The predicted octanol–water partition coefficient (Wildman–Crippen LogP) is 1.78. The monoisotopic (exact) mass is 299 g/mol. The topological polar surface area (TPSA) is 46.0 Å². The van der Waals surface area contributed by atoms with Crippen molar-refractivity contribution in [3.8, 4) is 0 Å². The molecule has 2 atom stereocenters. The van der Waals surface area contributed by atoms with E-state index in [2.05, 4.69) is 47.5 Å². The van der Waals surface area contributed by atoms with E-state index in [1.807, 2.05) is 4.68 Å². The number of hydrogen-bond donors (Lipinski definition) is 1. The van der Waals surface area contributed by atoms with E-state index in [0.29, 0.717) is 12.1 Å². The lowest BCUT2D eigenvalue weighted by Crippen LogP contribution is -2.58. The van der Waals surface area contributed by atoms with Crippen molar-refractivity contribution in [2.75, 3.05) is 13.1 Å². The molecule has 114 valence electrons. The van der Waals surface area contributed by atoms with Crippen LogP contribution < -0.4 is 5.32 Å². The molecule has 0 aliphatic carbocycles. The van der Waals surface area contributed by atoms with Crippen LogP contribution in [0.15, 0.2) is 6.20 Å². The zero-order chi connectivity index (χ0) is 13.5. The summed E-state index contributed by atoms with van der Waals surface area (Å²) in [4.78, 5) is 2.53. The Hall–Kier alpha value is -0.650. The van der Waals surface area contributed by atoms with Gasteiger partial charge in [0.05, 0.1) is 17.4 Å². The molecule has 0 radical (unpaired) electrons. The van der Waals surface area contributed by atoms with Crippen molar-refractivity contribution in [1.29, 1.82) is 0 Å². The lowest BCUT2D eigenvalue weighted by atomic mass is 9.94. The maximum absolute atomic E-state index is 4.32. The summed E-state index contributed by atoms with van der Waals surface area (Å²) >= 11 is 0. The molecule has 2 unspecified atom stereocenters. The van der Waals surface area contributed by atoms with Gasteiger partial charge >= 0.3 is 0 Å². The van der Waals surface area contributed by atoms with E-state index in [-0.39, 0.29) is 17.9 Å². The highest BCUT2D eigenvalue weighted by atomic mass is 35.5. The van der Waals surface area contributed by atoms with Gasteiger partial charge in [-0.05, 0) is 33.6 Å². The van der Waals surface area contributed by atoms with Crippen molar-refractivity contribution in [1.82, 2.24) is 25.2 Å². The van der Waals surface area contributed by atoms with Crippen molar-refractivity contribution < 1.29 is 0 Å².